The van der Waals surface area contributed by atoms with Gasteiger partial charge in [-0.1, -0.05) is 24.1 Å². The van der Waals surface area contributed by atoms with Crippen molar-refractivity contribution >= 4 is 5.91 Å². The minimum Gasteiger partial charge on any atom is -0.490 e. The van der Waals surface area contributed by atoms with Gasteiger partial charge in [0.15, 0.2) is 0 Å². The summed E-state index contributed by atoms with van der Waals surface area (Å²) in [5.74, 6) is 3.28. The molecule has 29 heavy (non-hydrogen) atoms. The van der Waals surface area contributed by atoms with Gasteiger partial charge in [0.2, 0.25) is 0 Å². The van der Waals surface area contributed by atoms with Gasteiger partial charge in [-0.05, 0) is 48.7 Å². The number of carbonyl (C=O) groups excluding carboxylic acids is 1. The first kappa shape index (κ1) is 20.9. The Morgan fingerprint density at radius 1 is 1.21 bits per heavy atom. The lowest BCUT2D eigenvalue weighted by atomic mass is 10.1. The second-order valence-electron chi connectivity index (χ2n) is 7.21. The highest BCUT2D eigenvalue weighted by atomic mass is 16.5. The second kappa shape index (κ2) is 10.7. The molecule has 0 bridgehead atoms. The third-order valence-corrected chi connectivity index (χ3v) is 5.05. The first-order valence-electron chi connectivity index (χ1n) is 9.99. The summed E-state index contributed by atoms with van der Waals surface area (Å²) < 4.78 is 11.1. The number of carbonyl (C=O) groups is 1. The van der Waals surface area contributed by atoms with E-state index in [0.717, 1.165) is 43.8 Å². The molecule has 1 aliphatic rings. The van der Waals surface area contributed by atoms with E-state index >= 15 is 0 Å². The minimum atomic E-state index is -0.113. The van der Waals surface area contributed by atoms with Gasteiger partial charge < -0.3 is 14.8 Å². The molecule has 0 atom stereocenters. The number of likely N-dealkylation sites (tertiary alicyclic amines) is 1. The molecule has 152 valence electrons. The number of nitrogens with zero attached hydrogens (tertiary/aromatic N) is 1. The average molecular weight is 392 g/mol. The summed E-state index contributed by atoms with van der Waals surface area (Å²) in [4.78, 5) is 14.6. The van der Waals surface area contributed by atoms with Gasteiger partial charge in [0.25, 0.3) is 5.91 Å². The van der Waals surface area contributed by atoms with E-state index in [1.807, 2.05) is 30.3 Å². The van der Waals surface area contributed by atoms with Gasteiger partial charge in [-0.2, -0.15) is 0 Å². The van der Waals surface area contributed by atoms with Gasteiger partial charge in [-0.3, -0.25) is 9.69 Å². The van der Waals surface area contributed by atoms with E-state index in [0.29, 0.717) is 18.7 Å². The zero-order valence-corrected chi connectivity index (χ0v) is 16.9. The maximum Gasteiger partial charge on any atom is 0.251 e. The Balaban J connectivity index is 1.47. The predicted octanol–water partition coefficient (Wildman–Crippen LogP) is 3.09. The van der Waals surface area contributed by atoms with Gasteiger partial charge in [-0.25, -0.2) is 0 Å². The highest BCUT2D eigenvalue weighted by Gasteiger charge is 2.21. The number of hydrogen-bond donors (Lipinski definition) is 1. The van der Waals surface area contributed by atoms with Crippen LogP contribution in [0.3, 0.4) is 0 Å². The topological polar surface area (TPSA) is 50.8 Å². The number of rotatable bonds is 8. The Bertz CT molecular complexity index is 834. The first-order chi connectivity index (χ1) is 14.2. The lowest BCUT2D eigenvalue weighted by molar-refractivity contribution is 0.0925. The molecule has 0 aromatic heterocycles. The monoisotopic (exact) mass is 392 g/mol. The molecule has 1 N–H and O–H groups in total. The quantitative estimate of drug-likeness (QED) is 0.554. The van der Waals surface area contributed by atoms with Crippen molar-refractivity contribution in [3.63, 3.8) is 0 Å². The van der Waals surface area contributed by atoms with Crippen molar-refractivity contribution in [2.75, 3.05) is 33.4 Å². The van der Waals surface area contributed by atoms with Crippen LogP contribution < -0.4 is 10.1 Å². The van der Waals surface area contributed by atoms with Gasteiger partial charge in [0.1, 0.15) is 11.9 Å². The molecule has 3 rings (SSSR count). The Kier molecular flexibility index (Phi) is 7.69. The Morgan fingerprint density at radius 3 is 2.66 bits per heavy atom. The molecule has 1 saturated heterocycles. The van der Waals surface area contributed by atoms with E-state index in [1.165, 1.54) is 5.56 Å². The van der Waals surface area contributed by atoms with Crippen molar-refractivity contribution in [1.29, 1.82) is 0 Å². The summed E-state index contributed by atoms with van der Waals surface area (Å²) in [7, 11) is 1.61. The molecule has 1 heterocycles. The molecule has 5 heteroatoms. The largest absolute Gasteiger partial charge is 0.490 e. The number of terminal acetylenes is 1. The van der Waals surface area contributed by atoms with E-state index < -0.39 is 0 Å². The molecule has 2 aromatic carbocycles. The van der Waals surface area contributed by atoms with E-state index in [4.69, 9.17) is 15.9 Å². The zero-order chi connectivity index (χ0) is 20.5. The third-order valence-electron chi connectivity index (χ3n) is 5.05. The molecule has 1 amide bonds. The van der Waals surface area contributed by atoms with E-state index in [-0.39, 0.29) is 12.0 Å². The number of methoxy groups -OCH3 is 1. The number of ether oxygens (including phenoxy) is 2. The van der Waals surface area contributed by atoms with E-state index in [9.17, 15) is 4.79 Å². The minimum absolute atomic E-state index is 0.113. The van der Waals surface area contributed by atoms with Crippen LogP contribution in [0.25, 0.3) is 0 Å². The maximum atomic E-state index is 12.2. The molecule has 1 fully saturated rings. The standard InChI is InChI=1S/C24H28N2O3/c1-3-19-7-9-20(10-8-19)18-26-14-11-22(12-15-26)29-23-6-4-5-21(17-23)24(27)25-13-16-28-2/h1,4-10,17,22H,11-16,18H2,2H3,(H,25,27). The fourth-order valence-electron chi connectivity index (χ4n) is 3.42. The number of piperidine rings is 1. The van der Waals surface area contributed by atoms with Crippen LogP contribution in [0.2, 0.25) is 0 Å². The third kappa shape index (κ3) is 6.35. The molecule has 2 aromatic rings. The summed E-state index contributed by atoms with van der Waals surface area (Å²) in [6.07, 6.45) is 7.51. The molecule has 0 radical (unpaired) electrons. The van der Waals surface area contributed by atoms with Crippen LogP contribution in [0.5, 0.6) is 5.75 Å². The van der Waals surface area contributed by atoms with E-state index in [1.54, 1.807) is 13.2 Å². The molecule has 0 aliphatic carbocycles. The van der Waals surface area contributed by atoms with Gasteiger partial charge in [-0.15, -0.1) is 6.42 Å². The molecule has 5 nitrogen and oxygen atoms in total. The fourth-order valence-corrected chi connectivity index (χ4v) is 3.42. The summed E-state index contributed by atoms with van der Waals surface area (Å²) in [6.45, 7) is 3.88. The Labute approximate surface area is 173 Å². The van der Waals surface area contributed by atoms with Gasteiger partial charge in [0.05, 0.1) is 6.61 Å². The molecular formula is C24H28N2O3. The smallest absolute Gasteiger partial charge is 0.251 e. The van der Waals surface area contributed by atoms with Crippen molar-refractivity contribution < 1.29 is 14.3 Å². The SMILES string of the molecule is C#Cc1ccc(CN2CCC(Oc3cccc(C(=O)NCCOC)c3)CC2)cc1. The lowest BCUT2D eigenvalue weighted by Crippen LogP contribution is -2.37. The number of hydrogen-bond acceptors (Lipinski definition) is 4. The van der Waals surface area contributed by atoms with Crippen molar-refractivity contribution in [2.24, 2.45) is 0 Å². The zero-order valence-electron chi connectivity index (χ0n) is 16.9. The molecule has 0 saturated carbocycles. The van der Waals surface area contributed by atoms with Crippen LogP contribution in [-0.4, -0.2) is 50.3 Å². The predicted molar refractivity (Wildman–Crippen MR) is 114 cm³/mol. The van der Waals surface area contributed by atoms with Crippen molar-refractivity contribution in [1.82, 2.24) is 10.2 Å². The first-order valence-corrected chi connectivity index (χ1v) is 9.99. The van der Waals surface area contributed by atoms with Gasteiger partial charge in [0, 0.05) is 44.4 Å². The normalized spacial score (nSPS) is 14.9. The summed E-state index contributed by atoms with van der Waals surface area (Å²) in [6, 6.07) is 15.5. The van der Waals surface area contributed by atoms with Crippen LogP contribution in [0.4, 0.5) is 0 Å². The Morgan fingerprint density at radius 2 is 1.97 bits per heavy atom. The summed E-state index contributed by atoms with van der Waals surface area (Å²) >= 11 is 0. The fraction of sp³-hybridized carbons (Fsp3) is 0.375. The van der Waals surface area contributed by atoms with Crippen molar-refractivity contribution in [2.45, 2.75) is 25.5 Å². The van der Waals surface area contributed by atoms with E-state index in [2.05, 4.69) is 28.3 Å². The second-order valence-corrected chi connectivity index (χ2v) is 7.21. The van der Waals surface area contributed by atoms with Gasteiger partial charge >= 0.3 is 0 Å². The maximum absolute atomic E-state index is 12.2. The number of benzene rings is 2. The van der Waals surface area contributed by atoms with Crippen LogP contribution in [0, 0.1) is 12.3 Å². The summed E-state index contributed by atoms with van der Waals surface area (Å²) in [5, 5.41) is 2.83. The van der Waals surface area contributed by atoms with Crippen molar-refractivity contribution in [3.8, 4) is 18.1 Å². The Hall–Kier alpha value is -2.81. The average Bonchev–Trinajstić information content (AvgIpc) is 2.76. The van der Waals surface area contributed by atoms with Crippen LogP contribution in [0.15, 0.2) is 48.5 Å². The highest BCUT2D eigenvalue weighted by Crippen LogP contribution is 2.21. The molecule has 1 aliphatic heterocycles. The lowest BCUT2D eigenvalue weighted by Gasteiger charge is -2.32. The van der Waals surface area contributed by atoms with Crippen LogP contribution in [-0.2, 0) is 11.3 Å². The molecule has 0 spiro atoms. The van der Waals surface area contributed by atoms with Crippen LogP contribution in [0.1, 0.15) is 34.3 Å². The molecule has 0 unspecified atom stereocenters. The summed E-state index contributed by atoms with van der Waals surface area (Å²) in [5.41, 5.74) is 2.79. The number of nitrogens with one attached hydrogen (secondary N) is 1. The van der Waals surface area contributed by atoms with Crippen LogP contribution >= 0.6 is 0 Å². The highest BCUT2D eigenvalue weighted by molar-refractivity contribution is 5.94. The van der Waals surface area contributed by atoms with Crippen molar-refractivity contribution in [3.05, 3.63) is 65.2 Å². The number of amides is 1. The molecular weight excluding hydrogens is 364 g/mol.